The van der Waals surface area contributed by atoms with Gasteiger partial charge in [-0.2, -0.15) is 5.10 Å². The molecule has 3 amide bonds. The first-order valence-electron chi connectivity index (χ1n) is 9.62. The monoisotopic (exact) mass is 424 g/mol. The summed E-state index contributed by atoms with van der Waals surface area (Å²) in [6, 6.07) is 11.7. The van der Waals surface area contributed by atoms with Crippen LogP contribution in [0.5, 0.6) is 11.5 Å². The summed E-state index contributed by atoms with van der Waals surface area (Å²) in [5.74, 6) is -0.934. The van der Waals surface area contributed by atoms with Crippen LogP contribution in [0.2, 0.25) is 0 Å². The lowest BCUT2D eigenvalue weighted by molar-refractivity contribution is -0.136. The number of morpholine rings is 1. The summed E-state index contributed by atoms with van der Waals surface area (Å²) in [6.07, 6.45) is 1.38. The molecule has 2 aromatic carbocycles. The molecule has 10 nitrogen and oxygen atoms in total. The molecule has 2 N–H and O–H groups in total. The van der Waals surface area contributed by atoms with Gasteiger partial charge in [-0.25, -0.2) is 5.43 Å². The summed E-state index contributed by atoms with van der Waals surface area (Å²) in [4.78, 5) is 38.8. The van der Waals surface area contributed by atoms with Crippen molar-refractivity contribution in [3.63, 3.8) is 0 Å². The molecule has 2 heterocycles. The van der Waals surface area contributed by atoms with Crippen molar-refractivity contribution in [2.45, 2.75) is 0 Å². The molecule has 4 rings (SSSR count). The van der Waals surface area contributed by atoms with Crippen LogP contribution in [0.3, 0.4) is 0 Å². The fourth-order valence-corrected chi connectivity index (χ4v) is 3.10. The summed E-state index contributed by atoms with van der Waals surface area (Å²) < 4.78 is 15.8. The van der Waals surface area contributed by atoms with Crippen LogP contribution in [0.1, 0.15) is 15.9 Å². The van der Waals surface area contributed by atoms with E-state index in [9.17, 15) is 14.4 Å². The predicted molar refractivity (Wildman–Crippen MR) is 110 cm³/mol. The van der Waals surface area contributed by atoms with Crippen LogP contribution in [0.25, 0.3) is 0 Å². The Kier molecular flexibility index (Phi) is 6.08. The van der Waals surface area contributed by atoms with Crippen molar-refractivity contribution in [1.82, 2.24) is 10.3 Å². The van der Waals surface area contributed by atoms with Gasteiger partial charge >= 0.3 is 11.8 Å². The number of amides is 3. The van der Waals surface area contributed by atoms with E-state index in [0.29, 0.717) is 48.9 Å². The fraction of sp³-hybridized carbons (Fsp3) is 0.238. The normalized spacial score (nSPS) is 15.0. The molecule has 31 heavy (non-hydrogen) atoms. The second kappa shape index (κ2) is 9.26. The number of rotatable bonds is 4. The van der Waals surface area contributed by atoms with Gasteiger partial charge in [-0.05, 0) is 35.9 Å². The van der Waals surface area contributed by atoms with Gasteiger partial charge in [-0.3, -0.25) is 14.4 Å². The lowest BCUT2D eigenvalue weighted by Crippen LogP contribution is -2.41. The zero-order chi connectivity index (χ0) is 21.6. The topological polar surface area (TPSA) is 119 Å². The van der Waals surface area contributed by atoms with Gasteiger partial charge in [0.05, 0.1) is 30.7 Å². The fourth-order valence-electron chi connectivity index (χ4n) is 3.10. The van der Waals surface area contributed by atoms with Gasteiger partial charge in [0.2, 0.25) is 6.79 Å². The summed E-state index contributed by atoms with van der Waals surface area (Å²) >= 11 is 0. The molecule has 160 valence electrons. The maximum atomic E-state index is 12.8. The third-order valence-electron chi connectivity index (χ3n) is 4.69. The molecule has 0 bridgehead atoms. The Morgan fingerprint density at radius 2 is 1.74 bits per heavy atom. The quantitative estimate of drug-likeness (QED) is 0.429. The lowest BCUT2D eigenvalue weighted by atomic mass is 10.1. The lowest BCUT2D eigenvalue weighted by Gasteiger charge is -2.27. The number of fused-ring (bicyclic) bond motifs is 1. The minimum Gasteiger partial charge on any atom is -0.454 e. The second-order valence-corrected chi connectivity index (χ2v) is 6.72. The molecular formula is C21H20N4O6. The molecule has 0 spiro atoms. The van der Waals surface area contributed by atoms with Crippen molar-refractivity contribution < 1.29 is 28.6 Å². The molecule has 0 atom stereocenters. The summed E-state index contributed by atoms with van der Waals surface area (Å²) in [6.45, 7) is 2.02. The van der Waals surface area contributed by atoms with Gasteiger partial charge in [0.15, 0.2) is 11.5 Å². The molecule has 0 aliphatic carbocycles. The third kappa shape index (κ3) is 4.81. The highest BCUT2D eigenvalue weighted by Crippen LogP contribution is 2.31. The highest BCUT2D eigenvalue weighted by Gasteiger charge is 2.23. The highest BCUT2D eigenvalue weighted by atomic mass is 16.7. The Hall–Kier alpha value is -3.92. The van der Waals surface area contributed by atoms with Crippen molar-refractivity contribution in [2.24, 2.45) is 5.10 Å². The van der Waals surface area contributed by atoms with E-state index in [1.165, 1.54) is 6.21 Å². The van der Waals surface area contributed by atoms with Gasteiger partial charge in [-0.15, -0.1) is 0 Å². The molecule has 2 aliphatic rings. The van der Waals surface area contributed by atoms with Crippen LogP contribution in [0.15, 0.2) is 47.6 Å². The van der Waals surface area contributed by atoms with Crippen LogP contribution >= 0.6 is 0 Å². The Labute approximate surface area is 177 Å². The van der Waals surface area contributed by atoms with Gasteiger partial charge < -0.3 is 24.4 Å². The molecule has 2 aliphatic heterocycles. The van der Waals surface area contributed by atoms with Crippen LogP contribution < -0.4 is 20.2 Å². The Morgan fingerprint density at radius 3 is 2.58 bits per heavy atom. The van der Waals surface area contributed by atoms with Gasteiger partial charge in [0.1, 0.15) is 0 Å². The zero-order valence-electron chi connectivity index (χ0n) is 16.5. The largest absolute Gasteiger partial charge is 0.454 e. The standard InChI is InChI=1S/C21H20N4O6/c26-19(20(27)24-22-12-14-5-6-17-18(11-14)31-13-30-17)23-16-4-2-1-3-15(16)21(28)25-7-9-29-10-8-25/h1-6,11-12H,7-10,13H2,(H,23,26)(H,24,27)/b22-12-. The van der Waals surface area contributed by atoms with E-state index in [2.05, 4.69) is 15.8 Å². The molecule has 0 unspecified atom stereocenters. The number of ether oxygens (including phenoxy) is 3. The Morgan fingerprint density at radius 1 is 0.968 bits per heavy atom. The summed E-state index contributed by atoms with van der Waals surface area (Å²) in [5, 5.41) is 6.26. The van der Waals surface area contributed by atoms with Crippen LogP contribution in [-0.2, 0) is 14.3 Å². The van der Waals surface area contributed by atoms with Crippen LogP contribution in [0, 0.1) is 0 Å². The minimum absolute atomic E-state index is 0.155. The molecule has 0 saturated carbocycles. The van der Waals surface area contributed by atoms with Gasteiger partial charge in [0, 0.05) is 13.1 Å². The molecule has 2 aromatic rings. The third-order valence-corrected chi connectivity index (χ3v) is 4.69. The summed E-state index contributed by atoms with van der Waals surface area (Å²) in [7, 11) is 0. The van der Waals surface area contributed by atoms with E-state index in [-0.39, 0.29) is 18.4 Å². The molecule has 0 radical (unpaired) electrons. The Balaban J connectivity index is 1.37. The van der Waals surface area contributed by atoms with Crippen LogP contribution in [-0.4, -0.2) is 61.9 Å². The maximum Gasteiger partial charge on any atom is 0.329 e. The number of benzene rings is 2. The number of nitrogens with zero attached hydrogens (tertiary/aromatic N) is 2. The molecular weight excluding hydrogens is 404 g/mol. The van der Waals surface area contributed by atoms with Crippen molar-refractivity contribution in [2.75, 3.05) is 38.4 Å². The van der Waals surface area contributed by atoms with Crippen molar-refractivity contribution in [1.29, 1.82) is 0 Å². The number of nitrogens with one attached hydrogen (secondary N) is 2. The number of hydrogen-bond donors (Lipinski definition) is 2. The number of hydrogen-bond acceptors (Lipinski definition) is 7. The van der Waals surface area contributed by atoms with Crippen LogP contribution in [0.4, 0.5) is 5.69 Å². The first kappa shape index (κ1) is 20.4. The van der Waals surface area contributed by atoms with E-state index >= 15 is 0 Å². The number of hydrazone groups is 1. The first-order valence-corrected chi connectivity index (χ1v) is 9.62. The maximum absolute atomic E-state index is 12.8. The first-order chi connectivity index (χ1) is 15.1. The van der Waals surface area contributed by atoms with Crippen molar-refractivity contribution in [3.8, 4) is 11.5 Å². The smallest absolute Gasteiger partial charge is 0.329 e. The van der Waals surface area contributed by atoms with E-state index < -0.39 is 11.8 Å². The minimum atomic E-state index is -0.967. The zero-order valence-corrected chi connectivity index (χ0v) is 16.5. The summed E-state index contributed by atoms with van der Waals surface area (Å²) in [5.41, 5.74) is 3.37. The average molecular weight is 424 g/mol. The van der Waals surface area contributed by atoms with Crippen molar-refractivity contribution >= 4 is 29.6 Å². The van der Waals surface area contributed by atoms with Gasteiger partial charge in [0.25, 0.3) is 5.91 Å². The van der Waals surface area contributed by atoms with E-state index in [0.717, 1.165) is 0 Å². The second-order valence-electron chi connectivity index (χ2n) is 6.72. The Bertz CT molecular complexity index is 1030. The number of para-hydroxylation sites is 1. The highest BCUT2D eigenvalue weighted by molar-refractivity contribution is 6.40. The van der Waals surface area contributed by atoms with E-state index in [1.807, 2.05) is 0 Å². The average Bonchev–Trinajstić information content (AvgIpc) is 3.27. The van der Waals surface area contributed by atoms with Crippen molar-refractivity contribution in [3.05, 3.63) is 53.6 Å². The molecule has 10 heteroatoms. The number of carbonyl (C=O) groups excluding carboxylic acids is 3. The SMILES string of the molecule is O=C(N/N=C\c1ccc2c(c1)OCO2)C(=O)Nc1ccccc1C(=O)N1CCOCC1. The predicted octanol–water partition coefficient (Wildman–Crippen LogP) is 0.976. The van der Waals surface area contributed by atoms with Gasteiger partial charge in [-0.1, -0.05) is 12.1 Å². The molecule has 0 aromatic heterocycles. The van der Waals surface area contributed by atoms with E-state index in [4.69, 9.17) is 14.2 Å². The van der Waals surface area contributed by atoms with E-state index in [1.54, 1.807) is 47.4 Å². The number of carbonyl (C=O) groups is 3. The molecule has 1 saturated heterocycles. The number of anilines is 1. The molecule has 1 fully saturated rings.